The number of rotatable bonds is 2. The van der Waals surface area contributed by atoms with E-state index in [2.05, 4.69) is 6.92 Å². The summed E-state index contributed by atoms with van der Waals surface area (Å²) >= 11 is 0. The quantitative estimate of drug-likeness (QED) is 0.815. The monoisotopic (exact) mass is 328 g/mol. The first-order valence-electron chi connectivity index (χ1n) is 7.54. The molecule has 0 spiro atoms. The number of halogens is 3. The molecular formula is C17H23F3N2O. The topological polar surface area (TPSA) is 44.1 Å². The zero-order valence-electron chi connectivity index (χ0n) is 13.7. The molecule has 1 aromatic rings. The fourth-order valence-electron chi connectivity index (χ4n) is 1.94. The second kappa shape index (κ2) is 11.5. The first kappa shape index (κ1) is 21.0. The summed E-state index contributed by atoms with van der Waals surface area (Å²) < 4.78 is 32.9. The number of hydrogen-bond donors (Lipinski definition) is 0. The Morgan fingerprint density at radius 3 is 2.39 bits per heavy atom. The Labute approximate surface area is 135 Å². The van der Waals surface area contributed by atoms with Gasteiger partial charge in [0.1, 0.15) is 5.82 Å². The Kier molecular flexibility index (Phi) is 10.5. The highest BCUT2D eigenvalue weighted by molar-refractivity contribution is 5.80. The molecule has 0 aliphatic carbocycles. The second-order valence-electron chi connectivity index (χ2n) is 5.16. The van der Waals surface area contributed by atoms with Gasteiger partial charge in [-0.2, -0.15) is 5.26 Å². The molecule has 1 heterocycles. The summed E-state index contributed by atoms with van der Waals surface area (Å²) in [6.07, 6.45) is -0.0305. The highest BCUT2D eigenvalue weighted by Gasteiger charge is 2.26. The van der Waals surface area contributed by atoms with Gasteiger partial charge in [-0.25, -0.2) is 13.2 Å². The Balaban J connectivity index is 0.000000345. The van der Waals surface area contributed by atoms with Crippen LogP contribution < -0.4 is 0 Å². The lowest BCUT2D eigenvalue weighted by molar-refractivity contribution is -0.130. The second-order valence-corrected chi connectivity index (χ2v) is 5.16. The molecular weight excluding hydrogens is 305 g/mol. The summed E-state index contributed by atoms with van der Waals surface area (Å²) in [6.45, 7) is 6.88. The maximum absolute atomic E-state index is 12.2. The maximum Gasteiger partial charge on any atom is 0.235 e. The van der Waals surface area contributed by atoms with Crippen molar-refractivity contribution in [2.75, 3.05) is 13.1 Å². The summed E-state index contributed by atoms with van der Waals surface area (Å²) in [5, 5.41) is 8.25. The van der Waals surface area contributed by atoms with Crippen molar-refractivity contribution in [2.45, 2.75) is 40.0 Å². The molecule has 1 unspecified atom stereocenters. The standard InChI is InChI=1S/C8H15NO.C7H4FN.C2H4F2/c1-3-5-9-6-4-7(2)8(9)10;8-7-3-1-2-6(4-7)5-9;1-2(3)4/h7H,3-6H2,1-2H3;1-4H;2H,1H3. The van der Waals surface area contributed by atoms with Crippen molar-refractivity contribution in [2.24, 2.45) is 5.92 Å². The van der Waals surface area contributed by atoms with E-state index in [1.165, 1.54) is 18.2 Å². The van der Waals surface area contributed by atoms with Gasteiger partial charge in [0.05, 0.1) is 11.6 Å². The number of carbonyl (C=O) groups is 1. The van der Waals surface area contributed by atoms with Gasteiger partial charge in [-0.1, -0.05) is 19.9 Å². The molecule has 0 aromatic heterocycles. The Hall–Kier alpha value is -2.03. The van der Waals surface area contributed by atoms with Gasteiger partial charge in [0, 0.05) is 19.0 Å². The molecule has 0 saturated carbocycles. The molecule has 1 aromatic carbocycles. The van der Waals surface area contributed by atoms with Crippen LogP contribution in [0.25, 0.3) is 0 Å². The van der Waals surface area contributed by atoms with Gasteiger partial charge in [-0.3, -0.25) is 4.79 Å². The van der Waals surface area contributed by atoms with Gasteiger partial charge in [0.2, 0.25) is 12.3 Å². The molecule has 1 aliphatic rings. The van der Waals surface area contributed by atoms with Crippen molar-refractivity contribution >= 4 is 5.91 Å². The lowest BCUT2D eigenvalue weighted by Crippen LogP contribution is -2.27. The third kappa shape index (κ3) is 9.56. The molecule has 0 N–H and O–H groups in total. The average Bonchev–Trinajstić information content (AvgIpc) is 2.80. The van der Waals surface area contributed by atoms with Crippen molar-refractivity contribution in [3.05, 3.63) is 35.6 Å². The number of carbonyl (C=O) groups excluding carboxylic acids is 1. The van der Waals surface area contributed by atoms with E-state index in [1.807, 2.05) is 17.9 Å². The van der Waals surface area contributed by atoms with E-state index in [4.69, 9.17) is 5.26 Å². The first-order valence-corrected chi connectivity index (χ1v) is 7.54. The summed E-state index contributed by atoms with van der Waals surface area (Å²) in [6, 6.07) is 7.40. The van der Waals surface area contributed by atoms with Crippen LogP contribution in [0, 0.1) is 23.1 Å². The van der Waals surface area contributed by atoms with Crippen LogP contribution in [0.3, 0.4) is 0 Å². The van der Waals surface area contributed by atoms with E-state index in [-0.39, 0.29) is 11.7 Å². The van der Waals surface area contributed by atoms with Gasteiger partial charge in [0.15, 0.2) is 0 Å². The molecule has 3 nitrogen and oxygen atoms in total. The Morgan fingerprint density at radius 2 is 2.04 bits per heavy atom. The number of nitrogens with zero attached hydrogens (tertiary/aromatic N) is 2. The van der Waals surface area contributed by atoms with Crippen LogP contribution in [0.5, 0.6) is 0 Å². The Bertz CT molecular complexity index is 510. The van der Waals surface area contributed by atoms with Crippen LogP contribution in [0.4, 0.5) is 13.2 Å². The maximum atomic E-state index is 12.2. The van der Waals surface area contributed by atoms with Crippen molar-refractivity contribution in [1.29, 1.82) is 5.26 Å². The normalized spacial score (nSPS) is 16.2. The number of likely N-dealkylation sites (tertiary alicyclic amines) is 1. The third-order valence-corrected chi connectivity index (χ3v) is 3.01. The smallest absolute Gasteiger partial charge is 0.235 e. The lowest BCUT2D eigenvalue weighted by atomic mass is 10.1. The number of hydrogen-bond acceptors (Lipinski definition) is 2. The summed E-state index contributed by atoms with van der Waals surface area (Å²) in [5.41, 5.74) is 0.356. The van der Waals surface area contributed by atoms with Crippen molar-refractivity contribution in [3.63, 3.8) is 0 Å². The molecule has 2 rings (SSSR count). The molecule has 6 heteroatoms. The minimum absolute atomic E-state index is 0.284. The summed E-state index contributed by atoms with van der Waals surface area (Å²) in [4.78, 5) is 13.2. The number of nitriles is 1. The van der Waals surface area contributed by atoms with Gasteiger partial charge >= 0.3 is 0 Å². The van der Waals surface area contributed by atoms with Crippen molar-refractivity contribution in [3.8, 4) is 6.07 Å². The molecule has 1 saturated heterocycles. The van der Waals surface area contributed by atoms with E-state index >= 15 is 0 Å². The van der Waals surface area contributed by atoms with Crippen LogP contribution in [-0.4, -0.2) is 30.3 Å². The predicted octanol–water partition coefficient (Wildman–Crippen LogP) is 4.23. The number of amides is 1. The molecule has 0 radical (unpaired) electrons. The number of benzene rings is 1. The van der Waals surface area contributed by atoms with Gasteiger partial charge in [-0.05, 0) is 38.0 Å². The van der Waals surface area contributed by atoms with E-state index in [0.29, 0.717) is 11.5 Å². The van der Waals surface area contributed by atoms with Gasteiger partial charge < -0.3 is 4.90 Å². The molecule has 1 aliphatic heterocycles. The number of alkyl halides is 2. The van der Waals surface area contributed by atoms with Crippen LogP contribution in [0.2, 0.25) is 0 Å². The van der Waals surface area contributed by atoms with Crippen LogP contribution in [0.15, 0.2) is 24.3 Å². The lowest BCUT2D eigenvalue weighted by Gasteiger charge is -2.13. The van der Waals surface area contributed by atoms with Crippen molar-refractivity contribution in [1.82, 2.24) is 4.90 Å². The predicted molar refractivity (Wildman–Crippen MR) is 83.4 cm³/mol. The SMILES string of the molecule is CC(F)F.CCCN1CCC(C)C1=O.N#Cc1cccc(F)c1. The first-order chi connectivity index (χ1) is 10.8. The van der Waals surface area contributed by atoms with E-state index in [1.54, 1.807) is 6.07 Å². The minimum Gasteiger partial charge on any atom is -0.342 e. The molecule has 1 amide bonds. The van der Waals surface area contributed by atoms with Crippen molar-refractivity contribution < 1.29 is 18.0 Å². The molecule has 1 atom stereocenters. The van der Waals surface area contributed by atoms with Gasteiger partial charge in [0.25, 0.3) is 0 Å². The molecule has 0 bridgehead atoms. The minimum atomic E-state index is -2.17. The molecule has 1 fully saturated rings. The fourth-order valence-corrected chi connectivity index (χ4v) is 1.94. The van der Waals surface area contributed by atoms with Crippen LogP contribution >= 0.6 is 0 Å². The summed E-state index contributed by atoms with van der Waals surface area (Å²) in [5.74, 6) is 0.266. The molecule has 128 valence electrons. The van der Waals surface area contributed by atoms with E-state index < -0.39 is 6.43 Å². The van der Waals surface area contributed by atoms with E-state index in [9.17, 15) is 18.0 Å². The third-order valence-electron chi connectivity index (χ3n) is 3.01. The molecule has 23 heavy (non-hydrogen) atoms. The van der Waals surface area contributed by atoms with Crippen LogP contribution in [-0.2, 0) is 4.79 Å². The largest absolute Gasteiger partial charge is 0.342 e. The summed E-state index contributed by atoms with van der Waals surface area (Å²) in [7, 11) is 0. The average molecular weight is 328 g/mol. The highest BCUT2D eigenvalue weighted by Crippen LogP contribution is 2.16. The zero-order chi connectivity index (χ0) is 17.8. The van der Waals surface area contributed by atoms with Gasteiger partial charge in [-0.15, -0.1) is 0 Å². The highest BCUT2D eigenvalue weighted by atomic mass is 19.3. The fraction of sp³-hybridized carbons (Fsp3) is 0.529. The van der Waals surface area contributed by atoms with E-state index in [0.717, 1.165) is 32.9 Å². The van der Waals surface area contributed by atoms with Crippen LogP contribution in [0.1, 0.15) is 39.2 Å². The zero-order valence-corrected chi connectivity index (χ0v) is 13.7. The Morgan fingerprint density at radius 1 is 1.43 bits per heavy atom.